The third kappa shape index (κ3) is 2.98. The van der Waals surface area contributed by atoms with Gasteiger partial charge in [-0.25, -0.2) is 8.42 Å². The first kappa shape index (κ1) is 14.5. The molecule has 20 heavy (non-hydrogen) atoms. The number of rotatable bonds is 3. The van der Waals surface area contributed by atoms with Gasteiger partial charge in [-0.1, -0.05) is 12.1 Å². The van der Waals surface area contributed by atoms with E-state index in [4.69, 9.17) is 10.5 Å². The van der Waals surface area contributed by atoms with E-state index in [0.717, 1.165) is 12.0 Å². The minimum absolute atomic E-state index is 0.220. The number of hydrogen-bond donors (Lipinski definition) is 0. The maximum Gasteiger partial charge on any atom is 0.243 e. The lowest BCUT2D eigenvalue weighted by molar-refractivity contribution is 0.305. The van der Waals surface area contributed by atoms with Crippen LogP contribution in [-0.2, 0) is 16.4 Å². The normalized spacial score (nSPS) is 20.0. The van der Waals surface area contributed by atoms with Gasteiger partial charge in [-0.2, -0.15) is 14.8 Å². The summed E-state index contributed by atoms with van der Waals surface area (Å²) >= 11 is 0. The molecule has 6 heteroatoms. The van der Waals surface area contributed by atoms with Gasteiger partial charge in [0.05, 0.1) is 29.4 Å². The lowest BCUT2D eigenvalue weighted by atomic mass is 10.0. The van der Waals surface area contributed by atoms with E-state index in [9.17, 15) is 8.42 Å². The van der Waals surface area contributed by atoms with Gasteiger partial charge in [-0.05, 0) is 30.5 Å². The fraction of sp³-hybridized carbons (Fsp3) is 0.429. The van der Waals surface area contributed by atoms with Crippen LogP contribution in [-0.4, -0.2) is 25.8 Å². The van der Waals surface area contributed by atoms with Crippen LogP contribution in [0.25, 0.3) is 0 Å². The van der Waals surface area contributed by atoms with Crippen LogP contribution < -0.4 is 0 Å². The van der Waals surface area contributed by atoms with Crippen molar-refractivity contribution in [3.05, 3.63) is 29.8 Å². The summed E-state index contributed by atoms with van der Waals surface area (Å²) in [6.45, 7) is 0.721. The third-order valence-corrected chi connectivity index (χ3v) is 5.29. The smallest absolute Gasteiger partial charge is 0.207 e. The Kier molecular flexibility index (Phi) is 4.39. The Morgan fingerprint density at radius 1 is 1.25 bits per heavy atom. The molecule has 0 saturated carbocycles. The van der Waals surface area contributed by atoms with Crippen LogP contribution >= 0.6 is 0 Å². The highest BCUT2D eigenvalue weighted by molar-refractivity contribution is 7.89. The van der Waals surface area contributed by atoms with Crippen molar-refractivity contribution < 1.29 is 8.42 Å². The highest BCUT2D eigenvalue weighted by Crippen LogP contribution is 2.23. The van der Waals surface area contributed by atoms with E-state index in [1.54, 1.807) is 12.1 Å². The second-order valence-corrected chi connectivity index (χ2v) is 6.75. The molecule has 1 unspecified atom stereocenters. The first-order valence-corrected chi connectivity index (χ1v) is 7.87. The molecule has 0 N–H and O–H groups in total. The molecule has 0 bridgehead atoms. The van der Waals surface area contributed by atoms with E-state index in [-0.39, 0.29) is 23.8 Å². The molecule has 1 heterocycles. The molecule has 0 aromatic heterocycles. The Labute approximate surface area is 119 Å². The van der Waals surface area contributed by atoms with E-state index in [1.165, 1.54) is 16.4 Å². The predicted octanol–water partition coefficient (Wildman–Crippen LogP) is 1.68. The minimum atomic E-state index is -3.54. The highest BCUT2D eigenvalue weighted by atomic mass is 32.2. The summed E-state index contributed by atoms with van der Waals surface area (Å²) < 4.78 is 26.3. The second-order valence-electron chi connectivity index (χ2n) is 4.81. The Bertz CT molecular complexity index is 653. The fourth-order valence-corrected chi connectivity index (χ4v) is 3.81. The summed E-state index contributed by atoms with van der Waals surface area (Å²) in [6.07, 6.45) is 1.73. The van der Waals surface area contributed by atoms with Gasteiger partial charge >= 0.3 is 0 Å². The first-order valence-electron chi connectivity index (χ1n) is 6.43. The summed E-state index contributed by atoms with van der Waals surface area (Å²) in [7, 11) is -3.54. The van der Waals surface area contributed by atoms with Crippen molar-refractivity contribution in [1.29, 1.82) is 10.5 Å². The van der Waals surface area contributed by atoms with Crippen molar-refractivity contribution >= 4 is 10.0 Å². The average molecular weight is 289 g/mol. The first-order chi connectivity index (χ1) is 9.57. The summed E-state index contributed by atoms with van der Waals surface area (Å²) in [6, 6.07) is 10.5. The third-order valence-electron chi connectivity index (χ3n) is 3.41. The van der Waals surface area contributed by atoms with Crippen LogP contribution in [0.3, 0.4) is 0 Å². The van der Waals surface area contributed by atoms with Gasteiger partial charge in [0.1, 0.15) is 0 Å². The lowest BCUT2D eigenvalue weighted by Crippen LogP contribution is -2.39. The van der Waals surface area contributed by atoms with Crippen molar-refractivity contribution in [2.45, 2.75) is 24.2 Å². The van der Waals surface area contributed by atoms with Crippen molar-refractivity contribution in [2.75, 3.05) is 13.1 Å². The highest BCUT2D eigenvalue weighted by Gasteiger charge is 2.30. The number of hydrogen-bond acceptors (Lipinski definition) is 4. The van der Waals surface area contributed by atoms with Gasteiger partial charge in [0.2, 0.25) is 10.0 Å². The number of piperidine rings is 1. The Hall–Kier alpha value is -1.89. The van der Waals surface area contributed by atoms with Gasteiger partial charge in [-0.15, -0.1) is 0 Å². The van der Waals surface area contributed by atoms with E-state index in [0.29, 0.717) is 13.0 Å². The number of nitrogens with zero attached hydrogens (tertiary/aromatic N) is 3. The molecule has 1 aromatic carbocycles. The molecule has 0 spiro atoms. The van der Waals surface area contributed by atoms with E-state index in [1.807, 2.05) is 6.07 Å². The van der Waals surface area contributed by atoms with Gasteiger partial charge in [0, 0.05) is 13.1 Å². The Morgan fingerprint density at radius 2 is 1.95 bits per heavy atom. The molecule has 1 aliphatic heterocycles. The molecule has 2 rings (SSSR count). The minimum Gasteiger partial charge on any atom is -0.207 e. The van der Waals surface area contributed by atoms with Crippen LogP contribution in [0.1, 0.15) is 18.4 Å². The summed E-state index contributed by atoms with van der Waals surface area (Å²) in [4.78, 5) is 0.220. The topological polar surface area (TPSA) is 85.0 Å². The molecule has 104 valence electrons. The Morgan fingerprint density at radius 3 is 2.55 bits per heavy atom. The van der Waals surface area contributed by atoms with Crippen molar-refractivity contribution in [2.24, 2.45) is 5.92 Å². The van der Waals surface area contributed by atoms with Gasteiger partial charge in [0.15, 0.2) is 0 Å². The predicted molar refractivity (Wildman–Crippen MR) is 72.9 cm³/mol. The lowest BCUT2D eigenvalue weighted by Gasteiger charge is -2.28. The monoisotopic (exact) mass is 289 g/mol. The summed E-state index contributed by atoms with van der Waals surface area (Å²) in [5.41, 5.74) is 0.792. The van der Waals surface area contributed by atoms with Gasteiger partial charge in [-0.3, -0.25) is 0 Å². The van der Waals surface area contributed by atoms with Crippen LogP contribution in [0.15, 0.2) is 29.2 Å². The van der Waals surface area contributed by atoms with Crippen LogP contribution in [0.5, 0.6) is 0 Å². The largest absolute Gasteiger partial charge is 0.243 e. The molecular formula is C14H15N3O2S. The number of sulfonamides is 1. The molecule has 5 nitrogen and oxygen atoms in total. The van der Waals surface area contributed by atoms with E-state index < -0.39 is 10.0 Å². The van der Waals surface area contributed by atoms with Gasteiger partial charge < -0.3 is 0 Å². The zero-order chi connectivity index (χ0) is 14.6. The second kappa shape index (κ2) is 6.04. The molecule has 0 radical (unpaired) electrons. The zero-order valence-electron chi connectivity index (χ0n) is 11.0. The van der Waals surface area contributed by atoms with E-state index in [2.05, 4.69) is 6.07 Å². The van der Waals surface area contributed by atoms with Crippen molar-refractivity contribution in [3.8, 4) is 12.1 Å². The quantitative estimate of drug-likeness (QED) is 0.847. The SMILES string of the molecule is N#CCc1ccc(S(=O)(=O)N2CCCC(C#N)C2)cc1. The zero-order valence-corrected chi connectivity index (χ0v) is 11.8. The molecule has 1 saturated heterocycles. The van der Waals surface area contributed by atoms with E-state index >= 15 is 0 Å². The van der Waals surface area contributed by atoms with Crippen molar-refractivity contribution in [1.82, 2.24) is 4.31 Å². The van der Waals surface area contributed by atoms with Crippen LogP contribution in [0, 0.1) is 28.6 Å². The molecular weight excluding hydrogens is 274 g/mol. The number of nitriles is 2. The maximum absolute atomic E-state index is 12.5. The van der Waals surface area contributed by atoms with Crippen LogP contribution in [0.2, 0.25) is 0 Å². The summed E-state index contributed by atoms with van der Waals surface area (Å²) in [5, 5.41) is 17.5. The fourth-order valence-electron chi connectivity index (χ4n) is 2.29. The van der Waals surface area contributed by atoms with Gasteiger partial charge in [0.25, 0.3) is 0 Å². The Balaban J connectivity index is 2.22. The molecule has 1 atom stereocenters. The summed E-state index contributed by atoms with van der Waals surface area (Å²) in [5.74, 6) is -0.226. The molecule has 0 aliphatic carbocycles. The van der Waals surface area contributed by atoms with Crippen LogP contribution in [0.4, 0.5) is 0 Å². The molecule has 1 aliphatic rings. The molecule has 1 aromatic rings. The maximum atomic E-state index is 12.5. The molecule has 0 amide bonds. The van der Waals surface area contributed by atoms with Crippen molar-refractivity contribution in [3.63, 3.8) is 0 Å². The number of benzene rings is 1. The molecule has 1 fully saturated rings. The standard InChI is InChI=1S/C14H15N3O2S/c15-8-7-12-3-5-14(6-4-12)20(18,19)17-9-1-2-13(10-16)11-17/h3-6,13H,1-2,7,9,11H2. The average Bonchev–Trinajstić information content (AvgIpc) is 2.48.